The van der Waals surface area contributed by atoms with Gasteiger partial charge >= 0.3 is 0 Å². The van der Waals surface area contributed by atoms with E-state index in [2.05, 4.69) is 22.7 Å². The molecule has 0 unspecified atom stereocenters. The Balaban J connectivity index is 1.85. The number of benzene rings is 2. The third kappa shape index (κ3) is 3.95. The maximum atomic E-state index is 4.09. The summed E-state index contributed by atoms with van der Waals surface area (Å²) in [7, 11) is 0. The number of nitrogens with one attached hydrogen (secondary N) is 1. The molecule has 0 spiro atoms. The molecule has 17 heavy (non-hydrogen) atoms. The van der Waals surface area contributed by atoms with Crippen molar-refractivity contribution in [1.29, 1.82) is 0 Å². The SMILES string of the molecule is C(=C\c1ccccc1)/C=N/Nc1ccccc1. The van der Waals surface area contributed by atoms with Gasteiger partial charge in [0.05, 0.1) is 5.69 Å². The number of rotatable bonds is 4. The Labute approximate surface area is 101 Å². The molecule has 0 saturated carbocycles. The van der Waals surface area contributed by atoms with Crippen molar-refractivity contribution in [3.05, 3.63) is 72.3 Å². The van der Waals surface area contributed by atoms with Crippen LogP contribution >= 0.6 is 0 Å². The van der Waals surface area contributed by atoms with Gasteiger partial charge in [0.15, 0.2) is 0 Å². The van der Waals surface area contributed by atoms with Crippen LogP contribution in [0.5, 0.6) is 0 Å². The van der Waals surface area contributed by atoms with Gasteiger partial charge in [-0.2, -0.15) is 5.10 Å². The summed E-state index contributed by atoms with van der Waals surface area (Å²) in [6, 6.07) is 20.0. The van der Waals surface area contributed by atoms with Crippen molar-refractivity contribution in [2.75, 3.05) is 5.43 Å². The second-order valence-corrected chi connectivity index (χ2v) is 3.53. The molecule has 2 rings (SSSR count). The highest BCUT2D eigenvalue weighted by molar-refractivity contribution is 5.78. The van der Waals surface area contributed by atoms with Crippen LogP contribution in [-0.4, -0.2) is 6.21 Å². The summed E-state index contributed by atoms with van der Waals surface area (Å²) in [5.74, 6) is 0. The van der Waals surface area contributed by atoms with Gasteiger partial charge in [0.2, 0.25) is 0 Å². The lowest BCUT2D eigenvalue weighted by atomic mass is 10.2. The molecule has 0 heterocycles. The van der Waals surface area contributed by atoms with Crippen LogP contribution in [0, 0.1) is 0 Å². The maximum absolute atomic E-state index is 4.09. The number of anilines is 1. The molecular weight excluding hydrogens is 208 g/mol. The van der Waals surface area contributed by atoms with E-state index < -0.39 is 0 Å². The highest BCUT2D eigenvalue weighted by atomic mass is 15.3. The summed E-state index contributed by atoms with van der Waals surface area (Å²) in [6.07, 6.45) is 5.65. The zero-order chi connectivity index (χ0) is 11.8. The molecule has 0 atom stereocenters. The average Bonchev–Trinajstić information content (AvgIpc) is 2.41. The van der Waals surface area contributed by atoms with Crippen LogP contribution in [0.25, 0.3) is 6.08 Å². The van der Waals surface area contributed by atoms with Crippen molar-refractivity contribution < 1.29 is 0 Å². The fourth-order valence-electron chi connectivity index (χ4n) is 1.39. The van der Waals surface area contributed by atoms with Gasteiger partial charge < -0.3 is 0 Å². The first kappa shape index (κ1) is 11.1. The lowest BCUT2D eigenvalue weighted by Gasteiger charge is -1.96. The van der Waals surface area contributed by atoms with E-state index >= 15 is 0 Å². The van der Waals surface area contributed by atoms with E-state index in [4.69, 9.17) is 0 Å². The summed E-state index contributed by atoms with van der Waals surface area (Å²) >= 11 is 0. The van der Waals surface area contributed by atoms with Crippen molar-refractivity contribution in [2.24, 2.45) is 5.10 Å². The number of hydrogen-bond acceptors (Lipinski definition) is 2. The maximum Gasteiger partial charge on any atom is 0.0561 e. The van der Waals surface area contributed by atoms with Gasteiger partial charge in [0.25, 0.3) is 0 Å². The molecule has 84 valence electrons. The smallest absolute Gasteiger partial charge is 0.0561 e. The molecule has 0 aliphatic rings. The van der Waals surface area contributed by atoms with Gasteiger partial charge in [-0.15, -0.1) is 0 Å². The minimum atomic E-state index is 0.983. The standard InChI is InChI=1S/C15H14N2/c1-3-8-14(9-4-1)10-7-13-16-17-15-11-5-2-6-12-15/h1-13,17H/b10-7+,16-13+. The highest BCUT2D eigenvalue weighted by Gasteiger charge is 1.83. The average molecular weight is 222 g/mol. The van der Waals surface area contributed by atoms with Crippen LogP contribution in [0.4, 0.5) is 5.69 Å². The minimum absolute atomic E-state index is 0.983. The predicted molar refractivity (Wildman–Crippen MR) is 74.0 cm³/mol. The van der Waals surface area contributed by atoms with Crippen LogP contribution < -0.4 is 5.43 Å². The normalized spacial score (nSPS) is 11.1. The Kier molecular flexibility index (Phi) is 4.12. The first-order chi connectivity index (χ1) is 8.45. The molecule has 2 heteroatoms. The summed E-state index contributed by atoms with van der Waals surface area (Å²) < 4.78 is 0. The van der Waals surface area contributed by atoms with E-state index in [-0.39, 0.29) is 0 Å². The third-order valence-corrected chi connectivity index (χ3v) is 2.22. The molecule has 1 N–H and O–H groups in total. The van der Waals surface area contributed by atoms with E-state index in [0.717, 1.165) is 5.69 Å². The van der Waals surface area contributed by atoms with E-state index in [0.29, 0.717) is 0 Å². The van der Waals surface area contributed by atoms with Crippen LogP contribution in [0.3, 0.4) is 0 Å². The first-order valence-corrected chi connectivity index (χ1v) is 5.51. The van der Waals surface area contributed by atoms with Crippen LogP contribution in [0.15, 0.2) is 71.8 Å². The van der Waals surface area contributed by atoms with Crippen LogP contribution in [-0.2, 0) is 0 Å². The zero-order valence-electron chi connectivity index (χ0n) is 9.45. The second-order valence-electron chi connectivity index (χ2n) is 3.53. The van der Waals surface area contributed by atoms with Gasteiger partial charge in [-0.05, 0) is 23.8 Å². The van der Waals surface area contributed by atoms with Gasteiger partial charge in [0, 0.05) is 6.21 Å². The number of hydrogen-bond donors (Lipinski definition) is 1. The molecule has 0 bridgehead atoms. The summed E-state index contributed by atoms with van der Waals surface area (Å²) in [5, 5.41) is 4.09. The fraction of sp³-hybridized carbons (Fsp3) is 0. The second kappa shape index (κ2) is 6.28. The minimum Gasteiger partial charge on any atom is -0.279 e. The van der Waals surface area contributed by atoms with Crippen molar-refractivity contribution in [3.8, 4) is 0 Å². The molecule has 0 fully saturated rings. The Morgan fingerprint density at radius 3 is 2.18 bits per heavy atom. The Hall–Kier alpha value is -2.35. The van der Waals surface area contributed by atoms with E-state index in [9.17, 15) is 0 Å². The molecule has 2 nitrogen and oxygen atoms in total. The van der Waals surface area contributed by atoms with E-state index in [1.165, 1.54) is 5.56 Å². The van der Waals surface area contributed by atoms with E-state index in [1.54, 1.807) is 6.21 Å². The number of hydrazone groups is 1. The van der Waals surface area contributed by atoms with Crippen molar-refractivity contribution >= 4 is 18.0 Å². The largest absolute Gasteiger partial charge is 0.279 e. The predicted octanol–water partition coefficient (Wildman–Crippen LogP) is 3.80. The summed E-state index contributed by atoms with van der Waals surface area (Å²) in [6.45, 7) is 0. The quantitative estimate of drug-likeness (QED) is 0.617. The van der Waals surface area contributed by atoms with Gasteiger partial charge in [-0.1, -0.05) is 54.6 Å². The summed E-state index contributed by atoms with van der Waals surface area (Å²) in [5.41, 5.74) is 5.10. The van der Waals surface area contributed by atoms with Crippen molar-refractivity contribution in [3.63, 3.8) is 0 Å². The molecular formula is C15H14N2. The zero-order valence-corrected chi connectivity index (χ0v) is 9.45. The molecule has 0 aromatic heterocycles. The first-order valence-electron chi connectivity index (χ1n) is 5.51. The highest BCUT2D eigenvalue weighted by Crippen LogP contribution is 2.04. The monoisotopic (exact) mass is 222 g/mol. The van der Waals surface area contributed by atoms with Gasteiger partial charge in [-0.3, -0.25) is 5.43 Å². The molecule has 0 aliphatic heterocycles. The Bertz CT molecular complexity index is 487. The van der Waals surface area contributed by atoms with E-state index in [1.807, 2.05) is 60.7 Å². The van der Waals surface area contributed by atoms with Crippen LogP contribution in [0.1, 0.15) is 5.56 Å². The molecule has 2 aromatic rings. The van der Waals surface area contributed by atoms with Crippen molar-refractivity contribution in [2.45, 2.75) is 0 Å². The van der Waals surface area contributed by atoms with Crippen molar-refractivity contribution in [1.82, 2.24) is 0 Å². The Morgan fingerprint density at radius 1 is 0.824 bits per heavy atom. The third-order valence-electron chi connectivity index (χ3n) is 2.22. The number of nitrogens with zero attached hydrogens (tertiary/aromatic N) is 1. The molecule has 0 aliphatic carbocycles. The topological polar surface area (TPSA) is 24.4 Å². The van der Waals surface area contributed by atoms with Gasteiger partial charge in [-0.25, -0.2) is 0 Å². The lowest BCUT2D eigenvalue weighted by Crippen LogP contribution is -1.86. The lowest BCUT2D eigenvalue weighted by molar-refractivity contribution is 1.36. The molecule has 2 aromatic carbocycles. The molecule has 0 amide bonds. The fourth-order valence-corrected chi connectivity index (χ4v) is 1.39. The molecule has 0 saturated heterocycles. The summed E-state index contributed by atoms with van der Waals surface area (Å²) in [4.78, 5) is 0. The number of para-hydroxylation sites is 1. The van der Waals surface area contributed by atoms with Crippen LogP contribution in [0.2, 0.25) is 0 Å². The Morgan fingerprint density at radius 2 is 1.47 bits per heavy atom. The van der Waals surface area contributed by atoms with Gasteiger partial charge in [0.1, 0.15) is 0 Å². The number of allylic oxidation sites excluding steroid dienone is 1. The molecule has 0 radical (unpaired) electrons.